The molecular weight excluding hydrogens is 268 g/mol. The van der Waals surface area contributed by atoms with E-state index in [1.165, 1.54) is 13.4 Å². The van der Waals surface area contributed by atoms with Crippen LogP contribution in [-0.2, 0) is 4.79 Å². The van der Waals surface area contributed by atoms with Crippen molar-refractivity contribution in [3.63, 3.8) is 0 Å². The molecule has 106 valence electrons. The van der Waals surface area contributed by atoms with Crippen molar-refractivity contribution < 1.29 is 9.53 Å². The summed E-state index contributed by atoms with van der Waals surface area (Å²) in [5.74, 6) is 0.825. The van der Waals surface area contributed by atoms with E-state index in [0.717, 1.165) is 0 Å². The molecule has 6 nitrogen and oxygen atoms in total. The maximum absolute atomic E-state index is 11.6. The molecule has 0 unspecified atom stereocenters. The van der Waals surface area contributed by atoms with Crippen LogP contribution in [0.2, 0.25) is 5.15 Å². The summed E-state index contributed by atoms with van der Waals surface area (Å²) < 4.78 is 5.09. The van der Waals surface area contributed by atoms with Gasteiger partial charge in [-0.25, -0.2) is 9.97 Å². The summed E-state index contributed by atoms with van der Waals surface area (Å²) in [5.41, 5.74) is -0.229. The summed E-state index contributed by atoms with van der Waals surface area (Å²) >= 11 is 5.86. The lowest BCUT2D eigenvalue weighted by Crippen LogP contribution is -2.41. The van der Waals surface area contributed by atoms with Crippen LogP contribution in [0, 0.1) is 0 Å². The Labute approximate surface area is 117 Å². The molecule has 0 aromatic carbocycles. The maximum atomic E-state index is 11.6. The molecule has 2 N–H and O–H groups in total. The van der Waals surface area contributed by atoms with Crippen molar-refractivity contribution in [3.05, 3.63) is 11.5 Å². The van der Waals surface area contributed by atoms with Gasteiger partial charge in [0.15, 0.2) is 16.7 Å². The molecule has 0 saturated heterocycles. The summed E-state index contributed by atoms with van der Waals surface area (Å²) in [4.78, 5) is 19.5. The fraction of sp³-hybridized carbons (Fsp3) is 0.583. The molecule has 0 aliphatic heterocycles. The minimum absolute atomic E-state index is 0.0286. The zero-order valence-electron chi connectivity index (χ0n) is 11.6. The van der Waals surface area contributed by atoms with Gasteiger partial charge in [0.05, 0.1) is 7.11 Å². The number of carbonyl (C=O) groups excluding carboxylic acids is 1. The molecule has 0 saturated carbocycles. The highest BCUT2D eigenvalue weighted by Crippen LogP contribution is 2.28. The molecule has 0 aliphatic rings. The van der Waals surface area contributed by atoms with Crippen molar-refractivity contribution in [1.82, 2.24) is 15.3 Å². The van der Waals surface area contributed by atoms with E-state index in [9.17, 15) is 4.79 Å². The number of anilines is 1. The summed E-state index contributed by atoms with van der Waals surface area (Å²) in [6.07, 6.45) is 1.67. The number of nitrogens with one attached hydrogen (secondary N) is 2. The molecule has 7 heteroatoms. The van der Waals surface area contributed by atoms with Crippen LogP contribution in [0.1, 0.15) is 27.2 Å². The Morgan fingerprint density at radius 1 is 1.42 bits per heavy atom. The Balaban J connectivity index is 2.50. The van der Waals surface area contributed by atoms with Crippen LogP contribution in [0.3, 0.4) is 0 Å². The van der Waals surface area contributed by atoms with Crippen LogP contribution in [0.25, 0.3) is 0 Å². The van der Waals surface area contributed by atoms with E-state index in [2.05, 4.69) is 20.6 Å². The molecule has 0 spiro atoms. The first-order valence-corrected chi connectivity index (χ1v) is 6.30. The molecule has 1 aromatic rings. The van der Waals surface area contributed by atoms with E-state index < -0.39 is 0 Å². The number of hydrogen-bond acceptors (Lipinski definition) is 5. The van der Waals surface area contributed by atoms with Gasteiger partial charge in [-0.05, 0) is 20.8 Å². The van der Waals surface area contributed by atoms with Crippen molar-refractivity contribution in [3.8, 4) is 5.75 Å². The molecule has 1 heterocycles. The van der Waals surface area contributed by atoms with Gasteiger partial charge in [0.1, 0.15) is 6.33 Å². The lowest BCUT2D eigenvalue weighted by atomic mass is 10.1. The second-order valence-corrected chi connectivity index (χ2v) is 5.38. The first-order chi connectivity index (χ1) is 8.83. The van der Waals surface area contributed by atoms with Gasteiger partial charge in [0.25, 0.3) is 0 Å². The molecule has 0 bridgehead atoms. The molecule has 1 amide bonds. The Morgan fingerprint density at radius 3 is 2.68 bits per heavy atom. The minimum Gasteiger partial charge on any atom is -0.490 e. The highest BCUT2D eigenvalue weighted by Gasteiger charge is 2.14. The van der Waals surface area contributed by atoms with Crippen LogP contribution in [-0.4, -0.2) is 35.1 Å². The summed E-state index contributed by atoms with van der Waals surface area (Å²) in [6, 6.07) is 0. The first-order valence-electron chi connectivity index (χ1n) is 5.93. The molecule has 0 fully saturated rings. The number of ether oxygens (including phenoxy) is 1. The Morgan fingerprint density at radius 2 is 2.11 bits per heavy atom. The summed E-state index contributed by atoms with van der Waals surface area (Å²) in [7, 11) is 1.49. The van der Waals surface area contributed by atoms with Crippen molar-refractivity contribution >= 4 is 23.3 Å². The van der Waals surface area contributed by atoms with Crippen LogP contribution in [0.4, 0.5) is 5.82 Å². The normalized spacial score (nSPS) is 11.0. The summed E-state index contributed by atoms with van der Waals surface area (Å²) in [6.45, 7) is 6.24. The predicted octanol–water partition coefficient (Wildman–Crippen LogP) is 1.86. The number of amides is 1. The standard InChI is InChI=1S/C12H19ClN4O2/c1-12(2,3)17-8(18)5-6-14-11-9(19-4)10(13)15-7-16-11/h7H,5-6H2,1-4H3,(H,17,18)(H,14,15,16). The van der Waals surface area contributed by atoms with E-state index in [1.54, 1.807) is 0 Å². The molecular formula is C12H19ClN4O2. The van der Waals surface area contributed by atoms with Gasteiger partial charge < -0.3 is 15.4 Å². The predicted molar refractivity (Wildman–Crippen MR) is 74.6 cm³/mol. The topological polar surface area (TPSA) is 76.1 Å². The Kier molecular flexibility index (Phi) is 5.35. The van der Waals surface area contributed by atoms with E-state index in [-0.39, 0.29) is 16.6 Å². The van der Waals surface area contributed by atoms with E-state index >= 15 is 0 Å². The number of hydrogen-bond donors (Lipinski definition) is 2. The number of nitrogens with zero attached hydrogens (tertiary/aromatic N) is 2. The van der Waals surface area contributed by atoms with E-state index in [0.29, 0.717) is 24.5 Å². The van der Waals surface area contributed by atoms with Gasteiger partial charge in [-0.2, -0.15) is 0 Å². The summed E-state index contributed by atoms with van der Waals surface area (Å²) in [5, 5.41) is 6.11. The molecule has 0 atom stereocenters. The fourth-order valence-electron chi connectivity index (χ4n) is 1.43. The average Bonchev–Trinajstić information content (AvgIpc) is 2.26. The van der Waals surface area contributed by atoms with Gasteiger partial charge in [-0.15, -0.1) is 0 Å². The quantitative estimate of drug-likeness (QED) is 0.808. The van der Waals surface area contributed by atoms with Crippen molar-refractivity contribution in [1.29, 1.82) is 0 Å². The SMILES string of the molecule is COc1c(Cl)ncnc1NCCC(=O)NC(C)(C)C. The van der Waals surface area contributed by atoms with Crippen molar-refractivity contribution in [2.45, 2.75) is 32.7 Å². The van der Waals surface area contributed by atoms with Gasteiger partial charge in [-0.1, -0.05) is 11.6 Å². The Bertz CT molecular complexity index is 446. The van der Waals surface area contributed by atoms with Crippen LogP contribution >= 0.6 is 11.6 Å². The number of methoxy groups -OCH3 is 1. The molecule has 19 heavy (non-hydrogen) atoms. The van der Waals surface area contributed by atoms with Crippen LogP contribution < -0.4 is 15.4 Å². The lowest BCUT2D eigenvalue weighted by molar-refractivity contribution is -0.122. The smallest absolute Gasteiger partial charge is 0.222 e. The van der Waals surface area contributed by atoms with Crippen molar-refractivity contribution in [2.75, 3.05) is 19.0 Å². The number of rotatable bonds is 5. The van der Waals surface area contributed by atoms with Gasteiger partial charge >= 0.3 is 0 Å². The lowest BCUT2D eigenvalue weighted by Gasteiger charge is -2.20. The van der Waals surface area contributed by atoms with Gasteiger partial charge in [0.2, 0.25) is 5.91 Å². The number of carbonyl (C=O) groups is 1. The largest absolute Gasteiger partial charge is 0.490 e. The Hall–Kier alpha value is -1.56. The number of aromatic nitrogens is 2. The average molecular weight is 287 g/mol. The van der Waals surface area contributed by atoms with Gasteiger partial charge in [0, 0.05) is 18.5 Å². The monoisotopic (exact) mass is 286 g/mol. The first kappa shape index (κ1) is 15.5. The van der Waals surface area contributed by atoms with Crippen molar-refractivity contribution in [2.24, 2.45) is 0 Å². The zero-order chi connectivity index (χ0) is 14.5. The fourth-order valence-corrected chi connectivity index (χ4v) is 1.64. The highest BCUT2D eigenvalue weighted by atomic mass is 35.5. The van der Waals surface area contributed by atoms with E-state index in [1.807, 2.05) is 20.8 Å². The van der Waals surface area contributed by atoms with Gasteiger partial charge in [-0.3, -0.25) is 4.79 Å². The third-order valence-corrected chi connectivity index (χ3v) is 2.39. The minimum atomic E-state index is -0.229. The molecule has 0 aliphatic carbocycles. The number of halogens is 1. The molecule has 1 aromatic heterocycles. The van der Waals surface area contributed by atoms with Crippen LogP contribution in [0.15, 0.2) is 6.33 Å². The second-order valence-electron chi connectivity index (χ2n) is 5.02. The van der Waals surface area contributed by atoms with Crippen LogP contribution in [0.5, 0.6) is 5.75 Å². The molecule has 0 radical (unpaired) electrons. The van der Waals surface area contributed by atoms with E-state index in [4.69, 9.17) is 16.3 Å². The molecule has 1 rings (SSSR count). The second kappa shape index (κ2) is 6.56. The zero-order valence-corrected chi connectivity index (χ0v) is 12.3. The third-order valence-electron chi connectivity index (χ3n) is 2.12. The highest BCUT2D eigenvalue weighted by molar-refractivity contribution is 6.31. The maximum Gasteiger partial charge on any atom is 0.222 e. The third kappa shape index (κ3) is 5.30.